The van der Waals surface area contributed by atoms with Gasteiger partial charge >= 0.3 is 0 Å². The minimum Gasteiger partial charge on any atom is -0.187 e. The van der Waals surface area contributed by atoms with Gasteiger partial charge in [-0.3, -0.25) is 0 Å². The monoisotopic (exact) mass is 370 g/mol. The first-order valence-electron chi connectivity index (χ1n) is 7.83. The zero-order valence-electron chi connectivity index (χ0n) is 15.0. The summed E-state index contributed by atoms with van der Waals surface area (Å²) in [5.74, 6) is 0. The molecule has 0 aliphatic carbocycles. The Balaban J connectivity index is 2.61. The van der Waals surface area contributed by atoms with Gasteiger partial charge < -0.3 is 0 Å². The van der Waals surface area contributed by atoms with E-state index in [2.05, 4.69) is 77.4 Å². The average Bonchev–Trinajstić information content (AvgIpc) is 2.63. The van der Waals surface area contributed by atoms with Crippen molar-refractivity contribution in [2.45, 2.75) is 62.9 Å². The van der Waals surface area contributed by atoms with Crippen LogP contribution in [0.2, 0.25) is 39.3 Å². The molecule has 2 rings (SSSR count). The summed E-state index contributed by atoms with van der Waals surface area (Å²) >= 11 is 7.25. The summed E-state index contributed by atoms with van der Waals surface area (Å²) < 4.78 is -0.0740. The second-order valence-corrected chi connectivity index (χ2v) is 23.4. The largest absolute Gasteiger partial charge is 0.187 e. The minimum atomic E-state index is -1.61. The predicted molar refractivity (Wildman–Crippen MR) is 106 cm³/mol. The summed E-state index contributed by atoms with van der Waals surface area (Å²) in [6.07, 6.45) is 0. The molecule has 1 heterocycles. The van der Waals surface area contributed by atoms with Crippen molar-refractivity contribution in [2.24, 2.45) is 10.2 Å². The maximum Gasteiger partial charge on any atom is 0.138 e. The smallest absolute Gasteiger partial charge is 0.138 e. The van der Waals surface area contributed by atoms with Crippen LogP contribution >= 0.6 is 18.5 Å². The molecular formula is C16H28ClN2PSi2. The van der Waals surface area contributed by atoms with Gasteiger partial charge in [-0.05, 0) is 19.4 Å². The molecule has 0 aromatic heterocycles. The molecule has 1 aromatic rings. The molecular weight excluding hydrogens is 343 g/mol. The van der Waals surface area contributed by atoms with Crippen molar-refractivity contribution in [2.75, 3.05) is 0 Å². The van der Waals surface area contributed by atoms with Crippen molar-refractivity contribution in [1.29, 1.82) is 0 Å². The fourth-order valence-electron chi connectivity index (χ4n) is 3.69. The average molecular weight is 371 g/mol. The molecule has 0 bridgehead atoms. The Kier molecular flexibility index (Phi) is 4.59. The highest BCUT2D eigenvalue weighted by Crippen LogP contribution is 2.76. The van der Waals surface area contributed by atoms with Crippen LogP contribution in [0, 0.1) is 6.92 Å². The Morgan fingerprint density at radius 3 is 1.95 bits per heavy atom. The lowest BCUT2D eigenvalue weighted by molar-refractivity contribution is 0.696. The topological polar surface area (TPSA) is 24.7 Å². The molecule has 0 radical (unpaired) electrons. The van der Waals surface area contributed by atoms with E-state index in [0.717, 1.165) is 0 Å². The number of hydrogen-bond donors (Lipinski definition) is 0. The lowest BCUT2D eigenvalue weighted by atomic mass is 10.1. The lowest BCUT2D eigenvalue weighted by Crippen LogP contribution is -2.62. The quantitative estimate of drug-likeness (QED) is 0.416. The number of aryl methyl sites for hydroxylation is 1. The maximum absolute atomic E-state index is 7.25. The zero-order chi connectivity index (χ0) is 17.0. The van der Waals surface area contributed by atoms with Crippen molar-refractivity contribution in [3.8, 4) is 0 Å². The van der Waals surface area contributed by atoms with E-state index in [9.17, 15) is 0 Å². The van der Waals surface area contributed by atoms with Crippen LogP contribution < -0.4 is 0 Å². The van der Waals surface area contributed by atoms with Gasteiger partial charge in [0.05, 0.1) is 20.7 Å². The standard InChI is InChI=1S/C16H28ClN2PSi2/c1-13-10-9-11-14(12-13)15(2)18-19-16(20(15)17,21(3,4)5)22(6,7)8/h9-12H,1-8H3/t15-,20+/m1/s1. The first-order chi connectivity index (χ1) is 9.86. The van der Waals surface area contributed by atoms with Gasteiger partial charge in [-0.2, -0.15) is 10.2 Å². The van der Waals surface area contributed by atoms with Crippen molar-refractivity contribution < 1.29 is 0 Å². The van der Waals surface area contributed by atoms with E-state index in [4.69, 9.17) is 21.5 Å². The van der Waals surface area contributed by atoms with E-state index in [1.165, 1.54) is 11.1 Å². The lowest BCUT2D eigenvalue weighted by Gasteiger charge is -2.49. The van der Waals surface area contributed by atoms with Crippen molar-refractivity contribution in [1.82, 2.24) is 0 Å². The van der Waals surface area contributed by atoms with Crippen molar-refractivity contribution >= 4 is 34.7 Å². The second-order valence-electron chi connectivity index (χ2n) is 8.54. The van der Waals surface area contributed by atoms with E-state index in [1.807, 2.05) is 0 Å². The molecule has 1 aliphatic heterocycles. The molecule has 0 amide bonds. The molecule has 2 nitrogen and oxygen atoms in total. The molecule has 0 N–H and O–H groups in total. The molecule has 122 valence electrons. The molecule has 0 unspecified atom stereocenters. The van der Waals surface area contributed by atoms with Crippen LogP contribution in [0.25, 0.3) is 0 Å². The molecule has 22 heavy (non-hydrogen) atoms. The van der Waals surface area contributed by atoms with Gasteiger partial charge in [-0.1, -0.05) is 80.4 Å². The van der Waals surface area contributed by atoms with E-state index in [1.54, 1.807) is 0 Å². The molecule has 1 aromatic carbocycles. The Labute approximate surface area is 143 Å². The van der Waals surface area contributed by atoms with E-state index < -0.39 is 23.4 Å². The SMILES string of the molecule is Cc1cccc([C@]2(C)N=NC([Si](C)(C)C)([Si](C)(C)C)[P@@]2Cl)c1. The molecule has 0 saturated heterocycles. The summed E-state index contributed by atoms with van der Waals surface area (Å²) in [5.41, 5.74) is 2.48. The third kappa shape index (κ3) is 2.56. The van der Waals surface area contributed by atoms with Gasteiger partial charge in [-0.25, -0.2) is 0 Å². The Morgan fingerprint density at radius 1 is 1.00 bits per heavy atom. The predicted octanol–water partition coefficient (Wildman–Crippen LogP) is 6.72. The van der Waals surface area contributed by atoms with E-state index >= 15 is 0 Å². The highest BCUT2D eigenvalue weighted by Gasteiger charge is 2.66. The van der Waals surface area contributed by atoms with Crippen LogP contribution in [-0.4, -0.2) is 20.7 Å². The first-order valence-corrected chi connectivity index (χ1v) is 17.1. The Morgan fingerprint density at radius 2 is 1.55 bits per heavy atom. The van der Waals surface area contributed by atoms with Crippen LogP contribution in [0.15, 0.2) is 34.5 Å². The van der Waals surface area contributed by atoms with E-state index in [-0.39, 0.29) is 9.81 Å². The normalized spacial score (nSPS) is 28.1. The second kappa shape index (κ2) is 5.51. The van der Waals surface area contributed by atoms with Crippen molar-refractivity contribution in [3.63, 3.8) is 0 Å². The fraction of sp³-hybridized carbons (Fsp3) is 0.625. The zero-order valence-corrected chi connectivity index (χ0v) is 18.7. The van der Waals surface area contributed by atoms with Gasteiger partial charge in [0.15, 0.2) is 0 Å². The van der Waals surface area contributed by atoms with Gasteiger partial charge in [0.1, 0.15) is 5.28 Å². The third-order valence-electron chi connectivity index (χ3n) is 4.71. The van der Waals surface area contributed by atoms with Crippen LogP contribution in [0.4, 0.5) is 0 Å². The minimum absolute atomic E-state index is 0.0740. The van der Waals surface area contributed by atoms with Gasteiger partial charge in [0, 0.05) is 7.27 Å². The molecule has 2 atom stereocenters. The summed E-state index contributed by atoms with van der Waals surface area (Å²) in [5, 5.41) is 9.48. The van der Waals surface area contributed by atoms with Gasteiger partial charge in [-0.15, -0.1) is 0 Å². The summed E-state index contributed by atoms with van der Waals surface area (Å²) in [7, 11) is -4.08. The van der Waals surface area contributed by atoms with Gasteiger partial charge in [0.25, 0.3) is 0 Å². The van der Waals surface area contributed by atoms with Crippen LogP contribution in [0.5, 0.6) is 0 Å². The van der Waals surface area contributed by atoms with E-state index in [0.29, 0.717) is 0 Å². The number of azo groups is 1. The number of benzene rings is 1. The Bertz CT molecular complexity index is 593. The summed E-state index contributed by atoms with van der Waals surface area (Å²) in [6, 6.07) is 8.61. The number of hydrogen-bond acceptors (Lipinski definition) is 2. The van der Waals surface area contributed by atoms with Crippen LogP contribution in [-0.2, 0) is 5.28 Å². The Hall–Kier alpha value is -0.0262. The fourth-order valence-corrected chi connectivity index (χ4v) is 25.7. The first kappa shape index (κ1) is 18.3. The number of halogens is 1. The number of rotatable bonds is 3. The highest BCUT2D eigenvalue weighted by atomic mass is 35.7. The molecule has 0 fully saturated rings. The van der Waals surface area contributed by atoms with Crippen LogP contribution in [0.1, 0.15) is 18.1 Å². The van der Waals surface area contributed by atoms with Crippen LogP contribution in [0.3, 0.4) is 0 Å². The number of nitrogens with zero attached hydrogens (tertiary/aromatic N) is 2. The maximum atomic E-state index is 7.25. The molecule has 1 aliphatic rings. The summed E-state index contributed by atoms with van der Waals surface area (Å²) in [6.45, 7) is 18.8. The third-order valence-corrected chi connectivity index (χ3v) is 23.3. The van der Waals surface area contributed by atoms with Crippen molar-refractivity contribution in [3.05, 3.63) is 35.4 Å². The molecule has 6 heteroatoms. The molecule has 0 saturated carbocycles. The highest BCUT2D eigenvalue weighted by molar-refractivity contribution is 7.90. The van der Waals surface area contributed by atoms with Gasteiger partial charge in [0.2, 0.25) is 0 Å². The molecule has 0 spiro atoms. The summed E-state index contributed by atoms with van der Waals surface area (Å²) in [4.78, 5) is 0.